The predicted molar refractivity (Wildman–Crippen MR) is 100 cm³/mol. The van der Waals surface area contributed by atoms with E-state index >= 15 is 0 Å². The number of carbonyl (C=O) groups excluding carboxylic acids is 1. The van der Waals surface area contributed by atoms with Crippen LogP contribution in [0, 0.1) is 0 Å². The van der Waals surface area contributed by atoms with Gasteiger partial charge in [0.2, 0.25) is 0 Å². The number of aromatic nitrogens is 1. The first kappa shape index (κ1) is 17.1. The lowest BCUT2D eigenvalue weighted by atomic mass is 10.1. The van der Waals surface area contributed by atoms with Crippen LogP contribution in [0.15, 0.2) is 78.0 Å². The van der Waals surface area contributed by atoms with Crippen molar-refractivity contribution < 1.29 is 4.79 Å². The van der Waals surface area contributed by atoms with Crippen LogP contribution in [-0.2, 0) is 0 Å². The van der Waals surface area contributed by atoms with Gasteiger partial charge in [0.25, 0.3) is 5.91 Å². The molecule has 0 fully saturated rings. The van der Waals surface area contributed by atoms with Crippen molar-refractivity contribution in [1.82, 2.24) is 10.4 Å². The standard InChI is InChI=1S/C19H13Cl2N3O/c20-14-9-10-15(16(21)12-14)19(25)24-23-18(13-6-2-1-3-7-13)17-8-4-5-11-22-17/h1-12H,(H,24,25)/b23-18+. The number of nitrogens with zero attached hydrogens (tertiary/aromatic N) is 2. The average Bonchev–Trinajstić information content (AvgIpc) is 2.63. The Labute approximate surface area is 155 Å². The van der Waals surface area contributed by atoms with Crippen LogP contribution in [0.5, 0.6) is 0 Å². The van der Waals surface area contributed by atoms with E-state index in [1.54, 1.807) is 18.3 Å². The van der Waals surface area contributed by atoms with Gasteiger partial charge in [0.1, 0.15) is 5.71 Å². The lowest BCUT2D eigenvalue weighted by Crippen LogP contribution is -2.21. The van der Waals surface area contributed by atoms with Gasteiger partial charge in [0.15, 0.2) is 0 Å². The van der Waals surface area contributed by atoms with Crippen molar-refractivity contribution in [2.45, 2.75) is 0 Å². The van der Waals surface area contributed by atoms with Crippen molar-refractivity contribution in [3.05, 3.63) is 99.8 Å². The summed E-state index contributed by atoms with van der Waals surface area (Å²) in [5.41, 5.74) is 4.87. The number of benzene rings is 2. The summed E-state index contributed by atoms with van der Waals surface area (Å²) in [4.78, 5) is 16.7. The van der Waals surface area contributed by atoms with Gasteiger partial charge in [0.05, 0.1) is 16.3 Å². The topological polar surface area (TPSA) is 54.4 Å². The Bertz CT molecular complexity index is 871. The highest BCUT2D eigenvalue weighted by atomic mass is 35.5. The molecule has 2 aromatic carbocycles. The van der Waals surface area contributed by atoms with Gasteiger partial charge in [-0.25, -0.2) is 5.43 Å². The number of halogens is 2. The van der Waals surface area contributed by atoms with E-state index in [1.165, 1.54) is 6.07 Å². The molecule has 1 aromatic heterocycles. The Hall–Kier alpha value is -2.69. The van der Waals surface area contributed by atoms with Crippen LogP contribution < -0.4 is 5.43 Å². The molecule has 4 nitrogen and oxygen atoms in total. The molecule has 0 spiro atoms. The van der Waals surface area contributed by atoms with Gasteiger partial charge in [0, 0.05) is 16.8 Å². The van der Waals surface area contributed by atoms with E-state index in [1.807, 2.05) is 48.5 Å². The number of hydrogen-bond acceptors (Lipinski definition) is 3. The molecule has 0 aliphatic carbocycles. The van der Waals surface area contributed by atoms with Gasteiger partial charge in [-0.05, 0) is 30.3 Å². The summed E-state index contributed by atoms with van der Waals surface area (Å²) in [5, 5.41) is 4.99. The molecular weight excluding hydrogens is 357 g/mol. The minimum absolute atomic E-state index is 0.263. The fourth-order valence-corrected chi connectivity index (χ4v) is 2.70. The van der Waals surface area contributed by atoms with Gasteiger partial charge in [-0.1, -0.05) is 59.6 Å². The predicted octanol–water partition coefficient (Wildman–Crippen LogP) is 4.57. The molecule has 0 unspecified atom stereocenters. The summed E-state index contributed by atoms with van der Waals surface area (Å²) in [6.07, 6.45) is 1.67. The van der Waals surface area contributed by atoms with Crippen molar-refractivity contribution in [2.24, 2.45) is 5.10 Å². The zero-order valence-corrected chi connectivity index (χ0v) is 14.5. The molecule has 0 aliphatic rings. The number of nitrogens with one attached hydrogen (secondary N) is 1. The summed E-state index contributed by atoms with van der Waals surface area (Å²) in [6.45, 7) is 0. The lowest BCUT2D eigenvalue weighted by Gasteiger charge is -2.08. The van der Waals surface area contributed by atoms with Gasteiger partial charge >= 0.3 is 0 Å². The van der Waals surface area contributed by atoms with E-state index < -0.39 is 5.91 Å². The third-order valence-corrected chi connectivity index (χ3v) is 3.95. The van der Waals surface area contributed by atoms with E-state index in [4.69, 9.17) is 23.2 Å². The Morgan fingerprint density at radius 3 is 2.40 bits per heavy atom. The van der Waals surface area contributed by atoms with Gasteiger partial charge in [-0.3, -0.25) is 9.78 Å². The highest BCUT2D eigenvalue weighted by molar-refractivity contribution is 6.36. The Morgan fingerprint density at radius 2 is 1.72 bits per heavy atom. The summed E-state index contributed by atoms with van der Waals surface area (Å²) in [6, 6.07) is 19.7. The number of carbonyl (C=O) groups is 1. The van der Waals surface area contributed by atoms with Crippen molar-refractivity contribution in [1.29, 1.82) is 0 Å². The molecule has 0 bridgehead atoms. The normalized spacial score (nSPS) is 11.2. The minimum Gasteiger partial charge on any atom is -0.267 e. The first-order valence-corrected chi connectivity index (χ1v) is 8.20. The maximum absolute atomic E-state index is 12.4. The molecule has 0 aliphatic heterocycles. The van der Waals surface area contributed by atoms with Crippen molar-refractivity contribution in [3.63, 3.8) is 0 Å². The molecule has 0 saturated carbocycles. The zero-order valence-electron chi connectivity index (χ0n) is 13.0. The zero-order chi connectivity index (χ0) is 17.6. The maximum Gasteiger partial charge on any atom is 0.272 e. The maximum atomic E-state index is 12.4. The van der Waals surface area contributed by atoms with E-state index in [9.17, 15) is 4.79 Å². The smallest absolute Gasteiger partial charge is 0.267 e. The Kier molecular flexibility index (Phi) is 5.43. The molecule has 1 N–H and O–H groups in total. The molecule has 0 atom stereocenters. The Balaban J connectivity index is 1.93. The molecular formula is C19H13Cl2N3O. The SMILES string of the molecule is O=C(N/N=C(\c1ccccc1)c1ccccn1)c1ccc(Cl)cc1Cl. The average molecular weight is 370 g/mol. The number of pyridine rings is 1. The second-order valence-corrected chi connectivity index (χ2v) is 5.95. The first-order valence-electron chi connectivity index (χ1n) is 7.45. The lowest BCUT2D eigenvalue weighted by molar-refractivity contribution is 0.0955. The molecule has 0 saturated heterocycles. The first-order chi connectivity index (χ1) is 12.1. The number of hydrazone groups is 1. The van der Waals surface area contributed by atoms with Crippen LogP contribution in [0.3, 0.4) is 0 Å². The fraction of sp³-hybridized carbons (Fsp3) is 0. The number of rotatable bonds is 4. The van der Waals surface area contributed by atoms with Crippen LogP contribution in [0.4, 0.5) is 0 Å². The molecule has 1 amide bonds. The third-order valence-electron chi connectivity index (χ3n) is 3.40. The quantitative estimate of drug-likeness (QED) is 0.540. The highest BCUT2D eigenvalue weighted by Crippen LogP contribution is 2.20. The van der Waals surface area contributed by atoms with Gasteiger partial charge in [-0.2, -0.15) is 5.10 Å². The van der Waals surface area contributed by atoms with Crippen LogP contribution >= 0.6 is 23.2 Å². The summed E-state index contributed by atoms with van der Waals surface area (Å²) in [7, 11) is 0. The molecule has 124 valence electrons. The van der Waals surface area contributed by atoms with Crippen LogP contribution in [0.2, 0.25) is 10.0 Å². The third kappa shape index (κ3) is 4.24. The van der Waals surface area contributed by atoms with Crippen molar-refractivity contribution >= 4 is 34.8 Å². The van der Waals surface area contributed by atoms with E-state index in [-0.39, 0.29) is 5.02 Å². The fourth-order valence-electron chi connectivity index (χ4n) is 2.21. The van der Waals surface area contributed by atoms with Crippen LogP contribution in [-0.4, -0.2) is 16.6 Å². The molecule has 3 aromatic rings. The summed E-state index contributed by atoms with van der Waals surface area (Å²) < 4.78 is 0. The van der Waals surface area contributed by atoms with E-state index in [0.29, 0.717) is 22.0 Å². The molecule has 1 heterocycles. The molecule has 6 heteroatoms. The summed E-state index contributed by atoms with van der Waals surface area (Å²) >= 11 is 11.9. The van der Waals surface area contributed by atoms with E-state index in [0.717, 1.165) is 5.56 Å². The molecule has 3 rings (SSSR count). The van der Waals surface area contributed by atoms with E-state index in [2.05, 4.69) is 15.5 Å². The largest absolute Gasteiger partial charge is 0.272 e. The number of amides is 1. The monoisotopic (exact) mass is 369 g/mol. The van der Waals surface area contributed by atoms with Crippen molar-refractivity contribution in [3.8, 4) is 0 Å². The Morgan fingerprint density at radius 1 is 0.960 bits per heavy atom. The molecule has 0 radical (unpaired) electrons. The van der Waals surface area contributed by atoms with Crippen molar-refractivity contribution in [2.75, 3.05) is 0 Å². The number of hydrogen-bond donors (Lipinski definition) is 1. The van der Waals surface area contributed by atoms with Crippen LogP contribution in [0.25, 0.3) is 0 Å². The second-order valence-electron chi connectivity index (χ2n) is 5.11. The molecule has 25 heavy (non-hydrogen) atoms. The highest BCUT2D eigenvalue weighted by Gasteiger charge is 2.12. The summed E-state index contributed by atoms with van der Waals surface area (Å²) in [5.74, 6) is -0.425. The van der Waals surface area contributed by atoms with Gasteiger partial charge in [-0.15, -0.1) is 0 Å². The minimum atomic E-state index is -0.425. The van der Waals surface area contributed by atoms with Gasteiger partial charge < -0.3 is 0 Å². The second kappa shape index (κ2) is 7.92. The van der Waals surface area contributed by atoms with Crippen LogP contribution in [0.1, 0.15) is 21.6 Å².